The molecule has 15 heteroatoms. The second kappa shape index (κ2) is 10.1. The molecule has 0 unspecified atom stereocenters. The van der Waals surface area contributed by atoms with Crippen LogP contribution < -0.4 is 15.8 Å². The number of fused-ring (bicyclic) bond motifs is 4. The fourth-order valence-electron chi connectivity index (χ4n) is 6.45. The lowest BCUT2D eigenvalue weighted by Gasteiger charge is -2.50. The number of alkyl halides is 3. The molecule has 0 radical (unpaired) electrons. The lowest BCUT2D eigenvalue weighted by Crippen LogP contribution is -2.48. The van der Waals surface area contributed by atoms with E-state index in [1.54, 1.807) is 0 Å². The van der Waals surface area contributed by atoms with Crippen molar-refractivity contribution in [3.8, 4) is 17.0 Å². The van der Waals surface area contributed by atoms with Crippen molar-refractivity contribution in [1.82, 2.24) is 19.4 Å². The monoisotopic (exact) mass is 616 g/mol. The summed E-state index contributed by atoms with van der Waals surface area (Å²) in [5, 5.41) is 12.0. The van der Waals surface area contributed by atoms with Crippen molar-refractivity contribution in [2.75, 3.05) is 18.2 Å². The number of carbonyl (C=O) groups is 2. The van der Waals surface area contributed by atoms with Gasteiger partial charge in [0, 0.05) is 17.2 Å². The molecule has 1 amide bonds. The summed E-state index contributed by atoms with van der Waals surface area (Å²) in [4.78, 5) is 37.2. The Balaban J connectivity index is 1.43. The lowest BCUT2D eigenvalue weighted by atomic mass is 9.53. The minimum absolute atomic E-state index is 0.0300. The Morgan fingerprint density at radius 1 is 1.07 bits per heavy atom. The molecule has 3 heterocycles. The van der Waals surface area contributed by atoms with Crippen LogP contribution in [0.2, 0.25) is 0 Å². The number of nitrogens with one attached hydrogen (secondary N) is 1. The van der Waals surface area contributed by atoms with Crippen LogP contribution in [0.4, 0.5) is 33.6 Å². The summed E-state index contributed by atoms with van der Waals surface area (Å²) >= 11 is 0. The highest BCUT2D eigenvalue weighted by Gasteiger charge is 2.55. The van der Waals surface area contributed by atoms with Crippen LogP contribution in [0.5, 0.6) is 5.75 Å². The minimum Gasteiger partial charge on any atom is -0.496 e. The number of nitrogen functional groups attached to an aromatic ring is 1. The number of hydrogen-bond acceptors (Lipinski definition) is 7. The number of amides is 1. The van der Waals surface area contributed by atoms with Gasteiger partial charge in [-0.25, -0.2) is 19.3 Å². The van der Waals surface area contributed by atoms with Gasteiger partial charge in [-0.3, -0.25) is 14.0 Å². The Kier molecular flexibility index (Phi) is 6.74. The van der Waals surface area contributed by atoms with E-state index in [0.29, 0.717) is 44.6 Å². The maximum Gasteiger partial charge on any atom is 0.416 e. The number of benzene rings is 1. The van der Waals surface area contributed by atoms with Crippen LogP contribution in [0.3, 0.4) is 0 Å². The first-order chi connectivity index (χ1) is 20.8. The van der Waals surface area contributed by atoms with E-state index < -0.39 is 52.0 Å². The van der Waals surface area contributed by atoms with Crippen LogP contribution >= 0.6 is 0 Å². The molecule has 44 heavy (non-hydrogen) atoms. The topological polar surface area (TPSA) is 145 Å². The number of imidazole rings is 1. The summed E-state index contributed by atoms with van der Waals surface area (Å²) in [6.45, 7) is 0. The maximum atomic E-state index is 15.9. The number of carboxylic acid groups (broad SMARTS) is 1. The molecular formula is C29H25F5N6O4. The van der Waals surface area contributed by atoms with Crippen LogP contribution in [0.15, 0.2) is 36.7 Å². The van der Waals surface area contributed by atoms with Gasteiger partial charge in [0.15, 0.2) is 0 Å². The van der Waals surface area contributed by atoms with E-state index in [9.17, 15) is 27.9 Å². The summed E-state index contributed by atoms with van der Waals surface area (Å²) in [5.74, 6) is -4.12. The quantitative estimate of drug-likeness (QED) is 0.237. The van der Waals surface area contributed by atoms with Gasteiger partial charge in [0.25, 0.3) is 5.91 Å². The van der Waals surface area contributed by atoms with Crippen molar-refractivity contribution in [3.63, 3.8) is 0 Å². The van der Waals surface area contributed by atoms with Gasteiger partial charge in [-0.2, -0.15) is 17.6 Å². The highest BCUT2D eigenvalue weighted by molar-refractivity contribution is 6.05. The zero-order valence-corrected chi connectivity index (χ0v) is 23.1. The molecule has 3 fully saturated rings. The van der Waals surface area contributed by atoms with Crippen molar-refractivity contribution in [2.45, 2.75) is 50.1 Å². The fourth-order valence-corrected chi connectivity index (χ4v) is 6.45. The summed E-state index contributed by atoms with van der Waals surface area (Å²) in [7, 11) is 1.21. The smallest absolute Gasteiger partial charge is 0.416 e. The number of nitrogens with two attached hydrogens (primary N) is 1. The lowest BCUT2D eigenvalue weighted by molar-refractivity contribution is -0.156. The normalized spacial score (nSPS) is 21.4. The second-order valence-corrected chi connectivity index (χ2v) is 11.2. The maximum absolute atomic E-state index is 15.9. The number of aromatic nitrogens is 4. The molecule has 1 aromatic carbocycles. The first-order valence-electron chi connectivity index (χ1n) is 13.6. The zero-order valence-electron chi connectivity index (χ0n) is 23.1. The van der Waals surface area contributed by atoms with Gasteiger partial charge in [-0.05, 0) is 62.8 Å². The van der Waals surface area contributed by atoms with Crippen molar-refractivity contribution < 1.29 is 41.4 Å². The Labute approximate surface area is 246 Å². The molecular weight excluding hydrogens is 591 g/mol. The SMILES string of the molecule is COc1cc(C(=O)Nc2cc(C(F)(F)F)ccn2)cc(F)c1-c1nc(C23CCC(C(=O)O)(CC2)CC3)n2c(F)cnc(N)c12. The third-order valence-corrected chi connectivity index (χ3v) is 8.92. The summed E-state index contributed by atoms with van der Waals surface area (Å²) in [6.07, 6.45) is -0.502. The van der Waals surface area contributed by atoms with Crippen LogP contribution in [-0.4, -0.2) is 43.4 Å². The number of carboxylic acids is 1. The standard InChI is InChI=1S/C29H25F5N6O4/c1-44-17-11-14(24(41)38-19-12-15(2-9-36-19)29(32,33)34)10-16(30)20(17)21-22-23(35)37-13-18(31)40(22)25(39-21)27-3-6-28(7-4-27,8-5-27)26(42)43/h2,9-13H,3-8H2,1H3,(H2,35,37)(H,42,43)(H,36,38,41). The number of methoxy groups -OCH3 is 1. The Morgan fingerprint density at radius 3 is 2.36 bits per heavy atom. The van der Waals surface area contributed by atoms with Crippen LogP contribution in [0.25, 0.3) is 16.8 Å². The number of hydrogen-bond donors (Lipinski definition) is 3. The van der Waals surface area contributed by atoms with E-state index in [-0.39, 0.29) is 39.7 Å². The molecule has 3 aliphatic rings. The first kappa shape index (κ1) is 29.3. The van der Waals surface area contributed by atoms with E-state index in [2.05, 4.69) is 15.3 Å². The molecule has 2 bridgehead atoms. The number of rotatable bonds is 6. The van der Waals surface area contributed by atoms with Gasteiger partial charge in [0.05, 0.1) is 29.8 Å². The first-order valence-corrected chi connectivity index (χ1v) is 13.6. The minimum atomic E-state index is -4.67. The highest BCUT2D eigenvalue weighted by Crippen LogP contribution is 2.58. The number of halogens is 5. The van der Waals surface area contributed by atoms with Gasteiger partial charge in [-0.1, -0.05) is 0 Å². The second-order valence-electron chi connectivity index (χ2n) is 11.2. The summed E-state index contributed by atoms with van der Waals surface area (Å²) < 4.78 is 77.3. The number of aliphatic carboxylic acids is 1. The van der Waals surface area contributed by atoms with Crippen molar-refractivity contribution in [1.29, 1.82) is 0 Å². The summed E-state index contributed by atoms with van der Waals surface area (Å²) in [6, 6.07) is 3.38. The molecule has 4 aromatic rings. The van der Waals surface area contributed by atoms with E-state index in [0.717, 1.165) is 30.6 Å². The molecule has 3 saturated carbocycles. The number of ether oxygens (including phenoxy) is 1. The van der Waals surface area contributed by atoms with Crippen LogP contribution in [0.1, 0.15) is 60.3 Å². The molecule has 0 atom stereocenters. The molecule has 0 saturated heterocycles. The Hall–Kier alpha value is -4.82. The van der Waals surface area contributed by atoms with Gasteiger partial charge in [0.2, 0.25) is 5.95 Å². The highest BCUT2D eigenvalue weighted by atomic mass is 19.4. The molecule has 0 aliphatic heterocycles. The number of nitrogens with zero attached hydrogens (tertiary/aromatic N) is 4. The predicted molar refractivity (Wildman–Crippen MR) is 146 cm³/mol. The van der Waals surface area contributed by atoms with Crippen LogP contribution in [0, 0.1) is 17.2 Å². The van der Waals surface area contributed by atoms with Crippen molar-refractivity contribution in [2.24, 2.45) is 5.41 Å². The average molecular weight is 617 g/mol. The predicted octanol–water partition coefficient (Wildman–Crippen LogP) is 5.61. The molecule has 7 rings (SSSR count). The largest absolute Gasteiger partial charge is 0.496 e. The molecule has 0 spiro atoms. The molecule has 10 nitrogen and oxygen atoms in total. The van der Waals surface area contributed by atoms with E-state index in [4.69, 9.17) is 15.5 Å². The Bertz CT molecular complexity index is 1810. The Morgan fingerprint density at radius 2 is 1.75 bits per heavy atom. The van der Waals surface area contributed by atoms with Crippen molar-refractivity contribution >= 4 is 29.0 Å². The van der Waals surface area contributed by atoms with Gasteiger partial charge in [0.1, 0.15) is 40.2 Å². The molecule has 3 aromatic heterocycles. The fraction of sp³-hybridized carbons (Fsp3) is 0.345. The van der Waals surface area contributed by atoms with Gasteiger partial charge < -0.3 is 20.9 Å². The third-order valence-electron chi connectivity index (χ3n) is 8.92. The van der Waals surface area contributed by atoms with E-state index in [1.807, 2.05) is 0 Å². The molecule has 4 N–H and O–H groups in total. The average Bonchev–Trinajstić information content (AvgIpc) is 3.41. The number of pyridine rings is 1. The van der Waals surface area contributed by atoms with E-state index >= 15 is 8.78 Å². The van der Waals surface area contributed by atoms with Crippen molar-refractivity contribution in [3.05, 3.63) is 65.4 Å². The number of carbonyl (C=O) groups excluding carboxylic acids is 1. The van der Waals surface area contributed by atoms with E-state index in [1.165, 1.54) is 11.5 Å². The van der Waals surface area contributed by atoms with Crippen LogP contribution in [-0.2, 0) is 16.4 Å². The molecule has 230 valence electrons. The number of anilines is 2. The summed E-state index contributed by atoms with van der Waals surface area (Å²) in [5.41, 5.74) is 2.93. The van der Waals surface area contributed by atoms with Gasteiger partial charge >= 0.3 is 12.1 Å². The molecule has 3 aliphatic carbocycles. The third kappa shape index (κ3) is 4.57. The van der Waals surface area contributed by atoms with Gasteiger partial charge in [-0.15, -0.1) is 0 Å². The zero-order chi connectivity index (χ0) is 31.6.